The molecule has 0 atom stereocenters. The second-order valence-electron chi connectivity index (χ2n) is 7.79. The van der Waals surface area contributed by atoms with Gasteiger partial charge in [0.1, 0.15) is 28.5 Å². The van der Waals surface area contributed by atoms with Gasteiger partial charge in [0, 0.05) is 44.4 Å². The predicted octanol–water partition coefficient (Wildman–Crippen LogP) is 3.63. The summed E-state index contributed by atoms with van der Waals surface area (Å²) in [5.41, 5.74) is 7.48. The zero-order chi connectivity index (χ0) is 25.9. The lowest BCUT2D eigenvalue weighted by Gasteiger charge is -2.13. The Hall–Kier alpha value is -4.91. The molecular formula is C24H20F2N8O3. The minimum atomic E-state index is -3.08. The normalized spacial score (nSPS) is 11.2. The molecule has 0 spiro atoms. The van der Waals surface area contributed by atoms with E-state index in [9.17, 15) is 13.6 Å². The highest BCUT2D eigenvalue weighted by Gasteiger charge is 2.22. The number of hydrogen-bond donors (Lipinski definition) is 2. The van der Waals surface area contributed by atoms with Crippen LogP contribution in [0.2, 0.25) is 0 Å². The van der Waals surface area contributed by atoms with Crippen LogP contribution in [0.1, 0.15) is 16.1 Å². The summed E-state index contributed by atoms with van der Waals surface area (Å²) in [5.74, 6) is 0.129. The number of benzene rings is 1. The molecule has 4 aromatic heterocycles. The van der Waals surface area contributed by atoms with Crippen LogP contribution in [0.5, 0.6) is 17.2 Å². The molecule has 11 nitrogen and oxygen atoms in total. The lowest BCUT2D eigenvalue weighted by atomic mass is 10.1. The van der Waals surface area contributed by atoms with Crippen molar-refractivity contribution < 1.29 is 23.0 Å². The minimum Gasteiger partial charge on any atom is -0.457 e. The molecule has 0 fully saturated rings. The number of rotatable bonds is 8. The number of carbonyl (C=O) groups excluding carboxylic acids is 1. The first-order chi connectivity index (χ1) is 17.9. The van der Waals surface area contributed by atoms with Gasteiger partial charge in [0.25, 0.3) is 5.91 Å². The number of hydrogen-bond acceptors (Lipinski definition) is 8. The summed E-state index contributed by atoms with van der Waals surface area (Å²) in [6, 6.07) is 9.31. The number of carbonyl (C=O) groups is 1. The van der Waals surface area contributed by atoms with Crippen molar-refractivity contribution >= 4 is 17.2 Å². The molecule has 0 radical (unpaired) electrons. The first-order valence-electron chi connectivity index (χ1n) is 11.0. The average molecular weight is 506 g/mol. The second-order valence-corrected chi connectivity index (χ2v) is 7.79. The molecule has 0 saturated heterocycles. The maximum Gasteiger partial charge on any atom is 0.387 e. The lowest BCUT2D eigenvalue weighted by molar-refractivity contribution is -0.0494. The van der Waals surface area contributed by atoms with Gasteiger partial charge in [0.05, 0.1) is 23.1 Å². The predicted molar refractivity (Wildman–Crippen MR) is 128 cm³/mol. The maximum atomic E-state index is 13.2. The fourth-order valence-electron chi connectivity index (χ4n) is 3.68. The van der Waals surface area contributed by atoms with E-state index in [0.29, 0.717) is 22.8 Å². The smallest absolute Gasteiger partial charge is 0.387 e. The molecule has 0 aliphatic carbocycles. The van der Waals surface area contributed by atoms with Gasteiger partial charge in [0.2, 0.25) is 0 Å². The maximum absolute atomic E-state index is 13.2. The number of anilines is 1. The second kappa shape index (κ2) is 9.99. The van der Waals surface area contributed by atoms with Crippen molar-refractivity contribution in [3.8, 4) is 28.5 Å². The molecule has 13 heteroatoms. The van der Waals surface area contributed by atoms with Gasteiger partial charge >= 0.3 is 6.61 Å². The first kappa shape index (κ1) is 23.8. The molecule has 0 aliphatic heterocycles. The van der Waals surface area contributed by atoms with Crippen molar-refractivity contribution in [2.75, 3.05) is 5.32 Å². The van der Waals surface area contributed by atoms with Crippen LogP contribution in [-0.2, 0) is 13.6 Å². The molecule has 1 amide bonds. The van der Waals surface area contributed by atoms with Gasteiger partial charge in [-0.15, -0.1) is 0 Å². The van der Waals surface area contributed by atoms with Crippen molar-refractivity contribution in [1.29, 1.82) is 0 Å². The summed E-state index contributed by atoms with van der Waals surface area (Å²) >= 11 is 0. The van der Waals surface area contributed by atoms with Crippen LogP contribution in [0.3, 0.4) is 0 Å². The Bertz CT molecular complexity index is 1580. The van der Waals surface area contributed by atoms with E-state index in [1.165, 1.54) is 33.6 Å². The quantitative estimate of drug-likeness (QED) is 0.326. The standard InChI is InChI=1S/C24H20F2N8O3/c1-33-13-19(31-23(35)18-12-30-34-8-2-6-29-22(18)34)21(32-33)17-10-15(3-4-20(17)37-24(25)26)36-16-5-7-28-14(9-16)11-27/h2-10,12-13,24H,11,27H2,1H3,(H,31,35). The Balaban J connectivity index is 1.51. The van der Waals surface area contributed by atoms with E-state index >= 15 is 0 Å². The summed E-state index contributed by atoms with van der Waals surface area (Å²) in [7, 11) is 1.63. The van der Waals surface area contributed by atoms with Crippen LogP contribution in [0.25, 0.3) is 16.9 Å². The summed E-state index contributed by atoms with van der Waals surface area (Å²) in [4.78, 5) is 21.4. The zero-order valence-electron chi connectivity index (χ0n) is 19.4. The number of alkyl halides is 2. The van der Waals surface area contributed by atoms with E-state index in [1.807, 2.05) is 0 Å². The topological polar surface area (TPSA) is 134 Å². The zero-order valence-corrected chi connectivity index (χ0v) is 19.4. The highest BCUT2D eigenvalue weighted by molar-refractivity contribution is 6.09. The number of halogens is 2. The average Bonchev–Trinajstić information content (AvgIpc) is 3.48. The van der Waals surface area contributed by atoms with Crippen molar-refractivity contribution in [1.82, 2.24) is 29.4 Å². The molecule has 0 aliphatic rings. The van der Waals surface area contributed by atoms with E-state index in [-0.39, 0.29) is 34.8 Å². The van der Waals surface area contributed by atoms with Crippen LogP contribution in [0, 0.1) is 0 Å². The van der Waals surface area contributed by atoms with Crippen molar-refractivity contribution in [2.45, 2.75) is 13.2 Å². The Kier molecular flexibility index (Phi) is 6.43. The molecule has 188 valence electrons. The molecule has 0 saturated carbocycles. The Labute approximate surface area is 208 Å². The number of amides is 1. The molecular weight excluding hydrogens is 486 g/mol. The largest absolute Gasteiger partial charge is 0.457 e. The molecule has 5 aromatic rings. The number of nitrogens with two attached hydrogens (primary N) is 1. The lowest BCUT2D eigenvalue weighted by Crippen LogP contribution is -2.12. The van der Waals surface area contributed by atoms with Crippen molar-refractivity contribution in [2.24, 2.45) is 12.8 Å². The van der Waals surface area contributed by atoms with Gasteiger partial charge in [-0.25, -0.2) is 9.50 Å². The molecule has 3 N–H and O–H groups in total. The third-order valence-corrected chi connectivity index (χ3v) is 5.26. The highest BCUT2D eigenvalue weighted by atomic mass is 19.3. The van der Waals surface area contributed by atoms with Crippen LogP contribution < -0.4 is 20.5 Å². The summed E-state index contributed by atoms with van der Waals surface area (Å²) in [5, 5.41) is 11.3. The fraction of sp³-hybridized carbons (Fsp3) is 0.125. The SMILES string of the molecule is Cn1cc(NC(=O)c2cnn3cccnc23)c(-c2cc(Oc3ccnc(CN)c3)ccc2OC(F)F)n1. The van der Waals surface area contributed by atoms with Crippen molar-refractivity contribution in [3.63, 3.8) is 0 Å². The van der Waals surface area contributed by atoms with Crippen LogP contribution >= 0.6 is 0 Å². The summed E-state index contributed by atoms with van der Waals surface area (Å²) in [6.45, 7) is -2.85. The monoisotopic (exact) mass is 506 g/mol. The van der Waals surface area contributed by atoms with E-state index in [4.69, 9.17) is 15.2 Å². The molecule has 1 aromatic carbocycles. The molecule has 0 unspecified atom stereocenters. The Morgan fingerprint density at radius 1 is 1.16 bits per heavy atom. The van der Waals surface area contributed by atoms with Gasteiger partial charge in [-0.2, -0.15) is 19.0 Å². The first-order valence-corrected chi connectivity index (χ1v) is 11.0. The molecule has 5 rings (SSSR count). The number of aromatic nitrogens is 6. The number of pyridine rings is 1. The van der Waals surface area contributed by atoms with Crippen molar-refractivity contribution in [3.05, 3.63) is 78.6 Å². The number of nitrogens with one attached hydrogen (secondary N) is 1. The fourth-order valence-corrected chi connectivity index (χ4v) is 3.68. The third-order valence-electron chi connectivity index (χ3n) is 5.26. The number of aryl methyl sites for hydroxylation is 1. The number of nitrogens with zero attached hydrogens (tertiary/aromatic N) is 6. The number of fused-ring (bicyclic) bond motifs is 1. The van der Waals surface area contributed by atoms with Crippen LogP contribution in [0.4, 0.5) is 14.5 Å². The molecule has 37 heavy (non-hydrogen) atoms. The molecule has 0 bridgehead atoms. The van der Waals surface area contributed by atoms with Gasteiger partial charge < -0.3 is 20.5 Å². The summed E-state index contributed by atoms with van der Waals surface area (Å²) < 4.78 is 40.0. The van der Waals surface area contributed by atoms with Crippen LogP contribution in [-0.4, -0.2) is 41.9 Å². The minimum absolute atomic E-state index is 0.147. The number of ether oxygens (including phenoxy) is 2. The van der Waals surface area contributed by atoms with E-state index in [1.54, 1.807) is 50.0 Å². The van der Waals surface area contributed by atoms with Gasteiger partial charge in [-0.1, -0.05) is 0 Å². The van der Waals surface area contributed by atoms with E-state index in [0.717, 1.165) is 0 Å². The van der Waals surface area contributed by atoms with Gasteiger partial charge in [-0.05, 0) is 30.3 Å². The van der Waals surface area contributed by atoms with Gasteiger partial charge in [-0.3, -0.25) is 14.5 Å². The van der Waals surface area contributed by atoms with E-state index < -0.39 is 12.5 Å². The highest BCUT2D eigenvalue weighted by Crippen LogP contribution is 2.38. The molecule has 4 heterocycles. The summed E-state index contributed by atoms with van der Waals surface area (Å²) in [6.07, 6.45) is 7.68. The third kappa shape index (κ3) is 5.06. The van der Waals surface area contributed by atoms with E-state index in [2.05, 4.69) is 25.5 Å². The Morgan fingerprint density at radius 2 is 2.00 bits per heavy atom. The van der Waals surface area contributed by atoms with Crippen LogP contribution in [0.15, 0.2) is 67.4 Å². The Morgan fingerprint density at radius 3 is 2.81 bits per heavy atom. The van der Waals surface area contributed by atoms with Gasteiger partial charge in [0.15, 0.2) is 5.65 Å².